The van der Waals surface area contributed by atoms with Crippen LogP contribution in [-0.4, -0.2) is 25.5 Å². The van der Waals surface area contributed by atoms with E-state index < -0.39 is 0 Å². The first kappa shape index (κ1) is 34.0. The van der Waals surface area contributed by atoms with Crippen molar-refractivity contribution in [3.05, 3.63) is 224 Å². The van der Waals surface area contributed by atoms with E-state index in [4.69, 9.17) is 4.42 Å². The van der Waals surface area contributed by atoms with Gasteiger partial charge in [0.05, 0.1) is 16.6 Å². The summed E-state index contributed by atoms with van der Waals surface area (Å²) < 4.78 is 16.9. The van der Waals surface area contributed by atoms with E-state index in [2.05, 4.69) is 237 Å². The Morgan fingerprint density at radius 1 is 0.328 bits per heavy atom. The minimum atomic E-state index is -0.234. The van der Waals surface area contributed by atoms with E-state index >= 15 is 0 Å². The molecule has 0 bridgehead atoms. The highest BCUT2D eigenvalue weighted by Crippen LogP contribution is 2.40. The summed E-state index contributed by atoms with van der Waals surface area (Å²) in [5.41, 5.74) is 10.8. The standard InChI is InChI=1S/C50H37B3N4O/c1-6-21-38(22-7-1)51-55(41-27-12-4-13-28-41)52(39-23-8-2-9-24-39)57(53(40-25-10-3-11-26-40)56(51)42-29-14-5-15-30-42)44-32-20-31-43(37-44)54-47-35-18-16-33-45(47)49-46-34-17-19-36-48(46)58-50(49)54/h1-37H. The van der Waals surface area contributed by atoms with Crippen LogP contribution in [0.3, 0.4) is 0 Å². The maximum atomic E-state index is 6.73. The lowest BCUT2D eigenvalue weighted by atomic mass is 9.37. The molecule has 0 amide bonds. The molecule has 1 fully saturated rings. The van der Waals surface area contributed by atoms with Crippen LogP contribution >= 0.6 is 0 Å². The van der Waals surface area contributed by atoms with Crippen LogP contribution in [0.2, 0.25) is 0 Å². The quantitative estimate of drug-likeness (QED) is 0.152. The molecule has 58 heavy (non-hydrogen) atoms. The molecule has 1 aliphatic rings. The van der Waals surface area contributed by atoms with E-state index in [1.807, 2.05) is 6.07 Å². The average Bonchev–Trinajstić information content (AvgIpc) is 3.84. The van der Waals surface area contributed by atoms with Gasteiger partial charge in [0, 0.05) is 27.8 Å². The van der Waals surface area contributed by atoms with Crippen molar-refractivity contribution in [1.82, 2.24) is 4.57 Å². The van der Waals surface area contributed by atoms with E-state index in [0.717, 1.165) is 50.3 Å². The molecule has 1 aliphatic heterocycles. The Balaban J connectivity index is 1.22. The largest absolute Gasteiger partial charge is 0.439 e. The molecular formula is C50H37B3N4O. The molecule has 0 saturated carbocycles. The Bertz CT molecular complexity index is 2910. The monoisotopic (exact) mass is 742 g/mol. The molecule has 5 nitrogen and oxygen atoms in total. The zero-order chi connectivity index (χ0) is 38.4. The lowest BCUT2D eigenvalue weighted by molar-refractivity contribution is 0.645. The number of fused-ring (bicyclic) bond motifs is 5. The van der Waals surface area contributed by atoms with Gasteiger partial charge in [0.2, 0.25) is 5.71 Å². The molecule has 10 aromatic rings. The van der Waals surface area contributed by atoms with Crippen molar-refractivity contribution in [2.45, 2.75) is 0 Å². The molecule has 0 N–H and O–H groups in total. The van der Waals surface area contributed by atoms with Crippen LogP contribution in [0, 0.1) is 0 Å². The summed E-state index contributed by atoms with van der Waals surface area (Å²) in [6, 6.07) is 80.8. The molecule has 11 rings (SSSR count). The number of hydrogen-bond donors (Lipinski definition) is 0. The highest BCUT2D eigenvalue weighted by molar-refractivity contribution is 7.14. The molecule has 0 aliphatic carbocycles. The molecule has 0 radical (unpaired) electrons. The Morgan fingerprint density at radius 2 is 0.724 bits per heavy atom. The van der Waals surface area contributed by atoms with Crippen molar-refractivity contribution >= 4 is 87.4 Å². The van der Waals surface area contributed by atoms with Gasteiger partial charge in [0.25, 0.3) is 0 Å². The van der Waals surface area contributed by atoms with Crippen LogP contribution in [0.4, 0.5) is 17.1 Å². The second kappa shape index (κ2) is 14.3. The lowest BCUT2D eigenvalue weighted by Gasteiger charge is -2.57. The van der Waals surface area contributed by atoms with E-state index in [1.165, 1.54) is 21.8 Å². The zero-order valence-corrected chi connectivity index (χ0v) is 31.8. The third-order valence-electron chi connectivity index (χ3n) is 11.6. The zero-order valence-electron chi connectivity index (χ0n) is 31.8. The fraction of sp³-hybridized carbons (Fsp3) is 0. The highest BCUT2D eigenvalue weighted by atomic mass is 16.3. The Kier molecular flexibility index (Phi) is 8.39. The van der Waals surface area contributed by atoms with Crippen molar-refractivity contribution in [1.29, 1.82) is 0 Å². The first-order valence-electron chi connectivity index (χ1n) is 19.9. The van der Waals surface area contributed by atoms with Crippen LogP contribution in [0.25, 0.3) is 38.7 Å². The Hall–Kier alpha value is -7.31. The lowest BCUT2D eigenvalue weighted by Crippen LogP contribution is -2.86. The minimum Gasteiger partial charge on any atom is -0.439 e. The topological polar surface area (TPSA) is 27.8 Å². The van der Waals surface area contributed by atoms with Crippen molar-refractivity contribution in [2.24, 2.45) is 0 Å². The summed E-state index contributed by atoms with van der Waals surface area (Å²) in [7, 11) is 0. The minimum absolute atomic E-state index is 0.190. The van der Waals surface area contributed by atoms with Crippen LogP contribution in [0.15, 0.2) is 229 Å². The molecule has 0 unspecified atom stereocenters. The van der Waals surface area contributed by atoms with Gasteiger partial charge in [-0.25, -0.2) is 0 Å². The average molecular weight is 742 g/mol. The van der Waals surface area contributed by atoms with Gasteiger partial charge in [-0.05, 0) is 71.0 Å². The van der Waals surface area contributed by atoms with Gasteiger partial charge in [-0.3, -0.25) is 4.57 Å². The van der Waals surface area contributed by atoms with Gasteiger partial charge in [-0.15, -0.1) is 0 Å². The number of nitrogens with zero attached hydrogens (tertiary/aromatic N) is 4. The van der Waals surface area contributed by atoms with Crippen molar-refractivity contribution in [3.63, 3.8) is 0 Å². The van der Waals surface area contributed by atoms with Gasteiger partial charge < -0.3 is 18.6 Å². The number of furan rings is 1. The number of anilines is 3. The molecule has 272 valence electrons. The summed E-state index contributed by atoms with van der Waals surface area (Å²) in [6.07, 6.45) is 0. The molecule has 2 aromatic heterocycles. The van der Waals surface area contributed by atoms with Crippen molar-refractivity contribution in [3.8, 4) is 5.69 Å². The van der Waals surface area contributed by atoms with Crippen LogP contribution in [-0.2, 0) is 0 Å². The third-order valence-corrected chi connectivity index (χ3v) is 11.6. The fourth-order valence-electron chi connectivity index (χ4n) is 9.18. The summed E-state index contributed by atoms with van der Waals surface area (Å²) in [5, 5.41) is 3.43. The summed E-state index contributed by atoms with van der Waals surface area (Å²) in [5.74, 6) is 0. The molecule has 1 saturated heterocycles. The number of benzene rings is 8. The second-order valence-corrected chi connectivity index (χ2v) is 14.9. The Morgan fingerprint density at radius 3 is 1.26 bits per heavy atom. The van der Waals surface area contributed by atoms with Crippen LogP contribution in [0.5, 0.6) is 0 Å². The molecule has 0 atom stereocenters. The van der Waals surface area contributed by atoms with Crippen LogP contribution < -0.4 is 30.6 Å². The maximum Gasteiger partial charge on any atom is 0.388 e. The first-order chi connectivity index (χ1) is 28.8. The predicted octanol–water partition coefficient (Wildman–Crippen LogP) is 9.55. The second-order valence-electron chi connectivity index (χ2n) is 14.9. The number of rotatable bonds is 7. The van der Waals surface area contributed by atoms with Crippen molar-refractivity contribution < 1.29 is 4.42 Å². The summed E-state index contributed by atoms with van der Waals surface area (Å²) in [6.45, 7) is -0.659. The summed E-state index contributed by atoms with van der Waals surface area (Å²) >= 11 is 0. The third kappa shape index (κ3) is 5.60. The molecular weight excluding hydrogens is 705 g/mol. The van der Waals surface area contributed by atoms with E-state index in [-0.39, 0.29) is 20.9 Å². The highest BCUT2D eigenvalue weighted by Gasteiger charge is 2.55. The molecule has 8 heteroatoms. The van der Waals surface area contributed by atoms with E-state index in [0.29, 0.717) is 0 Å². The van der Waals surface area contributed by atoms with E-state index in [9.17, 15) is 0 Å². The van der Waals surface area contributed by atoms with Gasteiger partial charge in [-0.2, -0.15) is 0 Å². The molecule has 3 heterocycles. The molecule has 8 aromatic carbocycles. The van der Waals surface area contributed by atoms with E-state index in [1.54, 1.807) is 0 Å². The fourth-order valence-corrected chi connectivity index (χ4v) is 9.18. The predicted molar refractivity (Wildman–Crippen MR) is 246 cm³/mol. The normalized spacial score (nSPS) is 13.3. The maximum absolute atomic E-state index is 6.73. The first-order valence-corrected chi connectivity index (χ1v) is 19.9. The van der Waals surface area contributed by atoms with Crippen LogP contribution in [0.1, 0.15) is 0 Å². The van der Waals surface area contributed by atoms with Gasteiger partial charge in [0.15, 0.2) is 0 Å². The van der Waals surface area contributed by atoms with Crippen molar-refractivity contribution in [2.75, 3.05) is 14.2 Å². The smallest absolute Gasteiger partial charge is 0.388 e. The Labute approximate surface area is 339 Å². The molecule has 0 spiro atoms. The number of aromatic nitrogens is 1. The van der Waals surface area contributed by atoms with Gasteiger partial charge >= 0.3 is 20.9 Å². The SMILES string of the molecule is c1ccc(B2N(c3ccccc3)B(c3ccccc3)N(c3cccc(-n4c5ccccc5c5c6ccccc6oc54)c3)B(c3ccccc3)N2c2ccccc2)cc1. The number of para-hydroxylation sites is 4. The van der Waals surface area contributed by atoms with Gasteiger partial charge in [-0.1, -0.05) is 170 Å². The number of hydrogen-bond acceptors (Lipinski definition) is 4. The summed E-state index contributed by atoms with van der Waals surface area (Å²) in [4.78, 5) is 0. The van der Waals surface area contributed by atoms with Gasteiger partial charge in [0.1, 0.15) is 5.58 Å².